The maximum absolute atomic E-state index is 10.4. The van der Waals surface area contributed by atoms with Gasteiger partial charge in [-0.15, -0.1) is 0 Å². The highest BCUT2D eigenvalue weighted by molar-refractivity contribution is 4.90. The predicted octanol–water partition coefficient (Wildman–Crippen LogP) is 1.85. The van der Waals surface area contributed by atoms with Crippen LogP contribution in [0.4, 0.5) is 0 Å². The Balaban J connectivity index is 1.52. The fraction of sp³-hybridized carbons (Fsp3) is 1.00. The molecular weight excluding hydrogens is 224 g/mol. The van der Waals surface area contributed by atoms with Gasteiger partial charge in [0.15, 0.2) is 0 Å². The molecule has 0 amide bonds. The van der Waals surface area contributed by atoms with Crippen LogP contribution in [0.2, 0.25) is 0 Å². The molecule has 2 unspecified atom stereocenters. The Bertz CT molecular complexity index is 259. The number of hydrogen-bond donors (Lipinski definition) is 1. The van der Waals surface area contributed by atoms with E-state index in [2.05, 4.69) is 9.80 Å². The maximum Gasteiger partial charge on any atom is 0.0695 e. The van der Waals surface area contributed by atoms with Crippen LogP contribution in [0, 0.1) is 0 Å². The van der Waals surface area contributed by atoms with Gasteiger partial charge in [-0.1, -0.05) is 25.7 Å². The molecule has 0 aromatic carbocycles. The Morgan fingerprint density at radius 1 is 0.667 bits per heavy atom. The molecule has 3 aliphatic rings. The van der Waals surface area contributed by atoms with Gasteiger partial charge in [-0.2, -0.15) is 0 Å². The Morgan fingerprint density at radius 2 is 1.28 bits per heavy atom. The lowest BCUT2D eigenvalue weighted by molar-refractivity contribution is 0.00431. The minimum atomic E-state index is -0.0715. The minimum absolute atomic E-state index is 0.0715. The molecule has 3 heteroatoms. The van der Waals surface area contributed by atoms with Crippen molar-refractivity contribution in [3.8, 4) is 0 Å². The third-order valence-electron chi connectivity index (χ3n) is 5.08. The zero-order chi connectivity index (χ0) is 12.4. The number of aliphatic hydroxyl groups excluding tert-OH is 1. The molecule has 0 spiro atoms. The summed E-state index contributed by atoms with van der Waals surface area (Å²) in [6.07, 6.45) is 10.2. The molecule has 18 heavy (non-hydrogen) atoms. The van der Waals surface area contributed by atoms with Gasteiger partial charge in [-0.25, -0.2) is 0 Å². The Kier molecular flexibility index (Phi) is 4.22. The van der Waals surface area contributed by atoms with Crippen molar-refractivity contribution in [3.63, 3.8) is 0 Å². The summed E-state index contributed by atoms with van der Waals surface area (Å²) in [5, 5.41) is 10.4. The molecule has 104 valence electrons. The second kappa shape index (κ2) is 5.89. The van der Waals surface area contributed by atoms with Crippen molar-refractivity contribution in [1.82, 2.24) is 9.80 Å². The monoisotopic (exact) mass is 252 g/mol. The molecule has 1 saturated heterocycles. The summed E-state index contributed by atoms with van der Waals surface area (Å²) in [5.74, 6) is 0. The Hall–Kier alpha value is -0.120. The molecule has 1 heterocycles. The van der Waals surface area contributed by atoms with Gasteiger partial charge in [0, 0.05) is 38.3 Å². The molecule has 2 atom stereocenters. The molecule has 3 rings (SSSR count). The van der Waals surface area contributed by atoms with Gasteiger partial charge in [0.05, 0.1) is 6.10 Å². The first-order valence-corrected chi connectivity index (χ1v) is 8.01. The first kappa shape index (κ1) is 12.9. The van der Waals surface area contributed by atoms with E-state index in [1.807, 2.05) is 0 Å². The second-order valence-corrected chi connectivity index (χ2v) is 6.43. The second-order valence-electron chi connectivity index (χ2n) is 6.43. The lowest BCUT2D eigenvalue weighted by atomic mass is 9.93. The van der Waals surface area contributed by atoms with E-state index in [1.165, 1.54) is 71.1 Å². The summed E-state index contributed by atoms with van der Waals surface area (Å²) >= 11 is 0. The molecular formula is C15H28N2O. The summed E-state index contributed by atoms with van der Waals surface area (Å²) in [7, 11) is 0. The van der Waals surface area contributed by atoms with Crippen LogP contribution in [-0.4, -0.2) is 59.3 Å². The number of aliphatic hydroxyl groups is 1. The maximum atomic E-state index is 10.4. The van der Waals surface area contributed by atoms with E-state index >= 15 is 0 Å². The van der Waals surface area contributed by atoms with E-state index in [0.29, 0.717) is 6.04 Å². The molecule has 0 aromatic heterocycles. The number of hydrogen-bond acceptors (Lipinski definition) is 3. The van der Waals surface area contributed by atoms with Gasteiger partial charge in [-0.3, -0.25) is 9.80 Å². The normalized spacial score (nSPS) is 37.2. The van der Waals surface area contributed by atoms with Crippen LogP contribution in [0.3, 0.4) is 0 Å². The smallest absolute Gasteiger partial charge is 0.0695 e. The highest BCUT2D eigenvalue weighted by Crippen LogP contribution is 2.29. The summed E-state index contributed by atoms with van der Waals surface area (Å²) in [6, 6.07) is 1.36. The van der Waals surface area contributed by atoms with E-state index < -0.39 is 0 Å². The lowest BCUT2D eigenvalue weighted by Gasteiger charge is -2.41. The Morgan fingerprint density at radius 3 is 1.94 bits per heavy atom. The third kappa shape index (κ3) is 3.06. The molecule has 0 radical (unpaired) electrons. The molecule has 2 saturated carbocycles. The van der Waals surface area contributed by atoms with Crippen LogP contribution in [-0.2, 0) is 0 Å². The van der Waals surface area contributed by atoms with Gasteiger partial charge >= 0.3 is 0 Å². The summed E-state index contributed by atoms with van der Waals surface area (Å²) in [6.45, 7) is 4.82. The minimum Gasteiger partial charge on any atom is -0.391 e. The van der Waals surface area contributed by atoms with E-state index in [0.717, 1.165) is 12.5 Å². The van der Waals surface area contributed by atoms with Crippen LogP contribution < -0.4 is 0 Å². The fourth-order valence-corrected chi connectivity index (χ4v) is 3.75. The van der Waals surface area contributed by atoms with Crippen molar-refractivity contribution in [2.45, 2.75) is 69.6 Å². The van der Waals surface area contributed by atoms with E-state index in [-0.39, 0.29) is 6.10 Å². The quantitative estimate of drug-likeness (QED) is 0.812. The van der Waals surface area contributed by atoms with Crippen LogP contribution in [0.15, 0.2) is 0 Å². The molecule has 1 N–H and O–H groups in total. The van der Waals surface area contributed by atoms with Gasteiger partial charge in [-0.05, 0) is 25.7 Å². The summed E-state index contributed by atoms with van der Waals surface area (Å²) in [5.41, 5.74) is 0. The van der Waals surface area contributed by atoms with Gasteiger partial charge in [0.1, 0.15) is 0 Å². The molecule has 3 fully saturated rings. The number of rotatable bonds is 2. The van der Waals surface area contributed by atoms with E-state index in [9.17, 15) is 5.11 Å². The first-order chi connectivity index (χ1) is 8.84. The van der Waals surface area contributed by atoms with Gasteiger partial charge in [0.2, 0.25) is 0 Å². The predicted molar refractivity (Wildman–Crippen MR) is 73.7 cm³/mol. The van der Waals surface area contributed by atoms with Crippen LogP contribution in [0.1, 0.15) is 51.4 Å². The van der Waals surface area contributed by atoms with Crippen LogP contribution in [0.25, 0.3) is 0 Å². The molecule has 1 aliphatic heterocycles. The summed E-state index contributed by atoms with van der Waals surface area (Å²) in [4.78, 5) is 5.24. The largest absolute Gasteiger partial charge is 0.391 e. The van der Waals surface area contributed by atoms with Crippen LogP contribution >= 0.6 is 0 Å². The number of piperazine rings is 1. The van der Waals surface area contributed by atoms with Gasteiger partial charge < -0.3 is 5.11 Å². The standard InChI is InChI=1S/C15H28N2O/c18-15-6-4-2-1-3-5-14(15)17-11-9-16(10-12-17)13-7-8-13/h13-15,18H,1-12H2. The molecule has 0 bridgehead atoms. The summed E-state index contributed by atoms with van der Waals surface area (Å²) < 4.78 is 0. The molecule has 0 aromatic rings. The first-order valence-electron chi connectivity index (χ1n) is 8.01. The van der Waals surface area contributed by atoms with Crippen molar-refractivity contribution in [3.05, 3.63) is 0 Å². The van der Waals surface area contributed by atoms with Crippen molar-refractivity contribution >= 4 is 0 Å². The van der Waals surface area contributed by atoms with Crippen LogP contribution in [0.5, 0.6) is 0 Å². The number of nitrogens with zero attached hydrogens (tertiary/aromatic N) is 2. The van der Waals surface area contributed by atoms with E-state index in [4.69, 9.17) is 0 Å². The zero-order valence-corrected chi connectivity index (χ0v) is 11.6. The van der Waals surface area contributed by atoms with E-state index in [1.54, 1.807) is 0 Å². The zero-order valence-electron chi connectivity index (χ0n) is 11.6. The van der Waals surface area contributed by atoms with Crippen molar-refractivity contribution in [2.75, 3.05) is 26.2 Å². The third-order valence-corrected chi connectivity index (χ3v) is 5.08. The van der Waals surface area contributed by atoms with Crippen molar-refractivity contribution < 1.29 is 5.11 Å². The average Bonchev–Trinajstić information content (AvgIpc) is 3.19. The van der Waals surface area contributed by atoms with Crippen molar-refractivity contribution in [1.29, 1.82) is 0 Å². The van der Waals surface area contributed by atoms with Crippen molar-refractivity contribution in [2.24, 2.45) is 0 Å². The molecule has 2 aliphatic carbocycles. The highest BCUT2D eigenvalue weighted by atomic mass is 16.3. The van der Waals surface area contributed by atoms with Gasteiger partial charge in [0.25, 0.3) is 0 Å². The highest BCUT2D eigenvalue weighted by Gasteiger charge is 2.34. The molecule has 3 nitrogen and oxygen atoms in total. The fourth-order valence-electron chi connectivity index (χ4n) is 3.75. The lowest BCUT2D eigenvalue weighted by Crippen LogP contribution is -2.54. The SMILES string of the molecule is OC1CCCCCCC1N1CCN(C2CC2)CC1. The topological polar surface area (TPSA) is 26.7 Å². The average molecular weight is 252 g/mol. The Labute approximate surface area is 111 Å².